The van der Waals surface area contributed by atoms with E-state index in [2.05, 4.69) is 28.3 Å². The number of aryl methyl sites for hydroxylation is 1. The molecule has 0 bridgehead atoms. The second kappa shape index (κ2) is 5.18. The number of hydrogen-bond acceptors (Lipinski definition) is 5. The fraction of sp³-hybridized carbons (Fsp3) is 0.462. The van der Waals surface area contributed by atoms with Gasteiger partial charge in [0, 0.05) is 18.5 Å². The van der Waals surface area contributed by atoms with Crippen molar-refractivity contribution in [1.29, 1.82) is 0 Å². The molecule has 2 aromatic heterocycles. The van der Waals surface area contributed by atoms with Gasteiger partial charge in [-0.15, -0.1) is 11.3 Å². The molecule has 106 valence electrons. The summed E-state index contributed by atoms with van der Waals surface area (Å²) in [4.78, 5) is 24.3. The van der Waals surface area contributed by atoms with Crippen LogP contribution in [0.2, 0.25) is 5.28 Å². The van der Waals surface area contributed by atoms with Gasteiger partial charge in [0.05, 0.1) is 5.39 Å². The maximum atomic E-state index is 12.0. The van der Waals surface area contributed by atoms with E-state index in [1.54, 1.807) is 16.2 Å². The largest absolute Gasteiger partial charge is 0.358 e. The molecule has 20 heavy (non-hydrogen) atoms. The van der Waals surface area contributed by atoms with E-state index in [1.807, 2.05) is 7.05 Å². The first-order valence-corrected chi connectivity index (χ1v) is 7.75. The van der Waals surface area contributed by atoms with Gasteiger partial charge in [-0.2, -0.15) is 0 Å². The van der Waals surface area contributed by atoms with Crippen LogP contribution in [0.4, 0.5) is 5.82 Å². The number of likely N-dealkylation sites (tertiary alicyclic amines) is 1. The zero-order valence-corrected chi connectivity index (χ0v) is 12.9. The van der Waals surface area contributed by atoms with Gasteiger partial charge in [-0.3, -0.25) is 4.79 Å². The molecule has 1 N–H and O–H groups in total. The summed E-state index contributed by atoms with van der Waals surface area (Å²) in [7, 11) is 1.81. The number of likely N-dealkylation sites (N-methyl/N-ethyl adjacent to an activating group) is 1. The highest BCUT2D eigenvalue weighted by molar-refractivity contribution is 7.18. The van der Waals surface area contributed by atoms with Crippen LogP contribution in [0.5, 0.6) is 0 Å². The van der Waals surface area contributed by atoms with Gasteiger partial charge in [0.2, 0.25) is 11.2 Å². The van der Waals surface area contributed by atoms with Crippen LogP contribution in [0.3, 0.4) is 0 Å². The fourth-order valence-electron chi connectivity index (χ4n) is 2.35. The molecular formula is C13H15ClN4OS. The molecule has 0 radical (unpaired) electrons. The molecule has 1 fully saturated rings. The van der Waals surface area contributed by atoms with Crippen molar-refractivity contribution in [2.75, 3.05) is 18.9 Å². The lowest BCUT2D eigenvalue weighted by Gasteiger charge is -2.13. The lowest BCUT2D eigenvalue weighted by Crippen LogP contribution is -2.31. The van der Waals surface area contributed by atoms with Gasteiger partial charge < -0.3 is 10.2 Å². The molecular weight excluding hydrogens is 296 g/mol. The van der Waals surface area contributed by atoms with Crippen LogP contribution in [0, 0.1) is 0 Å². The van der Waals surface area contributed by atoms with Gasteiger partial charge in [-0.25, -0.2) is 9.97 Å². The summed E-state index contributed by atoms with van der Waals surface area (Å²) in [5, 5.41) is 4.38. The van der Waals surface area contributed by atoms with Crippen molar-refractivity contribution in [2.24, 2.45) is 0 Å². The Bertz CT molecular complexity index is 672. The van der Waals surface area contributed by atoms with E-state index >= 15 is 0 Å². The number of hydrogen-bond donors (Lipinski definition) is 1. The Hall–Kier alpha value is -1.40. The Morgan fingerprint density at radius 2 is 2.35 bits per heavy atom. The lowest BCUT2D eigenvalue weighted by molar-refractivity contribution is -0.127. The summed E-state index contributed by atoms with van der Waals surface area (Å²) >= 11 is 7.59. The highest BCUT2D eigenvalue weighted by Gasteiger charge is 2.29. The van der Waals surface area contributed by atoms with Gasteiger partial charge in [0.25, 0.3) is 0 Å². The number of carbonyl (C=O) groups excluding carboxylic acids is 1. The molecule has 5 nitrogen and oxygen atoms in total. The monoisotopic (exact) mass is 310 g/mol. The van der Waals surface area contributed by atoms with E-state index in [9.17, 15) is 4.79 Å². The second-order valence-electron chi connectivity index (χ2n) is 4.87. The summed E-state index contributed by atoms with van der Waals surface area (Å²) in [5.41, 5.74) is 0. The Balaban J connectivity index is 1.98. The number of thiophene rings is 1. The van der Waals surface area contributed by atoms with E-state index in [0.717, 1.165) is 29.6 Å². The summed E-state index contributed by atoms with van der Waals surface area (Å²) in [6.07, 6.45) is 1.73. The zero-order valence-electron chi connectivity index (χ0n) is 11.3. The summed E-state index contributed by atoms with van der Waals surface area (Å²) in [6.45, 7) is 2.87. The molecule has 1 unspecified atom stereocenters. The van der Waals surface area contributed by atoms with Gasteiger partial charge >= 0.3 is 0 Å². The Morgan fingerprint density at radius 1 is 1.55 bits per heavy atom. The van der Waals surface area contributed by atoms with Crippen LogP contribution in [0.25, 0.3) is 10.2 Å². The predicted molar refractivity (Wildman–Crippen MR) is 81.5 cm³/mol. The molecule has 0 aliphatic carbocycles. The number of aromatic nitrogens is 2. The van der Waals surface area contributed by atoms with Crippen LogP contribution in [-0.4, -0.2) is 40.4 Å². The van der Waals surface area contributed by atoms with Crippen molar-refractivity contribution in [3.63, 3.8) is 0 Å². The van der Waals surface area contributed by atoms with Crippen molar-refractivity contribution >= 4 is 44.9 Å². The smallest absolute Gasteiger partial charge is 0.244 e. The Labute approximate surface area is 126 Å². The molecule has 1 aliphatic rings. The number of anilines is 1. The molecule has 0 saturated carbocycles. The molecule has 2 aromatic rings. The molecule has 1 aliphatic heterocycles. The van der Waals surface area contributed by atoms with Crippen LogP contribution in [0.1, 0.15) is 18.2 Å². The standard InChI is InChI=1S/C13H15ClN4OS/c1-3-7-6-8-10(16-13(14)17-11(8)20-7)15-9-4-5-18(2)12(9)19/h6,9H,3-5H2,1-2H3,(H,15,16,17). The quantitative estimate of drug-likeness (QED) is 0.885. The predicted octanol–water partition coefficient (Wildman–Crippen LogP) is 2.55. The maximum absolute atomic E-state index is 12.0. The second-order valence-corrected chi connectivity index (χ2v) is 6.32. The van der Waals surface area contributed by atoms with Crippen LogP contribution in [0.15, 0.2) is 6.07 Å². The first kappa shape index (κ1) is 13.6. The lowest BCUT2D eigenvalue weighted by atomic mass is 10.2. The number of halogens is 1. The van der Waals surface area contributed by atoms with Crippen molar-refractivity contribution in [3.8, 4) is 0 Å². The molecule has 7 heteroatoms. The van der Waals surface area contributed by atoms with Crippen molar-refractivity contribution < 1.29 is 4.79 Å². The van der Waals surface area contributed by atoms with Gasteiger partial charge in [0.15, 0.2) is 0 Å². The molecule has 0 aromatic carbocycles. The number of nitrogens with one attached hydrogen (secondary N) is 1. The van der Waals surface area contributed by atoms with E-state index in [4.69, 9.17) is 11.6 Å². The first-order valence-electron chi connectivity index (χ1n) is 6.56. The normalized spacial score (nSPS) is 19.1. The molecule has 3 rings (SSSR count). The van der Waals surface area contributed by atoms with Crippen LogP contribution in [-0.2, 0) is 11.2 Å². The number of carbonyl (C=O) groups is 1. The minimum Gasteiger partial charge on any atom is -0.358 e. The van der Waals surface area contributed by atoms with Crippen molar-refractivity contribution in [3.05, 3.63) is 16.2 Å². The van der Waals surface area contributed by atoms with E-state index in [0.29, 0.717) is 5.82 Å². The zero-order chi connectivity index (χ0) is 14.3. The third-order valence-electron chi connectivity index (χ3n) is 3.50. The SMILES string of the molecule is CCc1cc2c(NC3CCN(C)C3=O)nc(Cl)nc2s1. The van der Waals surface area contributed by atoms with Crippen molar-refractivity contribution in [2.45, 2.75) is 25.8 Å². The Kier molecular flexibility index (Phi) is 3.52. The van der Waals surface area contributed by atoms with E-state index < -0.39 is 0 Å². The highest BCUT2D eigenvalue weighted by atomic mass is 35.5. The fourth-order valence-corrected chi connectivity index (χ4v) is 3.54. The molecule has 1 saturated heterocycles. The van der Waals surface area contributed by atoms with Crippen molar-refractivity contribution in [1.82, 2.24) is 14.9 Å². The maximum Gasteiger partial charge on any atom is 0.244 e. The summed E-state index contributed by atoms with van der Waals surface area (Å²) in [6, 6.07) is 1.85. The summed E-state index contributed by atoms with van der Waals surface area (Å²) < 4.78 is 0. The molecule has 0 spiro atoms. The molecule has 3 heterocycles. The Morgan fingerprint density at radius 3 is 3.00 bits per heavy atom. The minimum atomic E-state index is -0.223. The third kappa shape index (κ3) is 2.33. The number of fused-ring (bicyclic) bond motifs is 1. The van der Waals surface area contributed by atoms with Gasteiger partial charge in [-0.05, 0) is 30.5 Å². The third-order valence-corrected chi connectivity index (χ3v) is 4.85. The summed E-state index contributed by atoms with van der Waals surface area (Å²) in [5.74, 6) is 0.753. The molecule has 1 atom stereocenters. The average molecular weight is 311 g/mol. The highest BCUT2D eigenvalue weighted by Crippen LogP contribution is 2.31. The van der Waals surface area contributed by atoms with E-state index in [1.165, 1.54) is 4.88 Å². The number of nitrogens with zero attached hydrogens (tertiary/aromatic N) is 3. The van der Waals surface area contributed by atoms with Gasteiger partial charge in [0.1, 0.15) is 16.7 Å². The number of amides is 1. The van der Waals surface area contributed by atoms with Gasteiger partial charge in [-0.1, -0.05) is 6.92 Å². The minimum absolute atomic E-state index is 0.0961. The van der Waals surface area contributed by atoms with Crippen LogP contribution < -0.4 is 5.32 Å². The topological polar surface area (TPSA) is 58.1 Å². The molecule has 1 amide bonds. The first-order chi connectivity index (χ1) is 9.58. The average Bonchev–Trinajstić information content (AvgIpc) is 2.96. The number of rotatable bonds is 3. The van der Waals surface area contributed by atoms with Crippen LogP contribution >= 0.6 is 22.9 Å². The van der Waals surface area contributed by atoms with E-state index in [-0.39, 0.29) is 17.2 Å².